The standard InChI is InChI=1S/C9H9BrO2/c1-7-4-2-3-5-8(7)12-9(11)6-10/h2-5H,6H2,1H3. The molecule has 12 heavy (non-hydrogen) atoms. The molecular weight excluding hydrogens is 220 g/mol. The summed E-state index contributed by atoms with van der Waals surface area (Å²) in [6, 6.07) is 7.41. The molecule has 2 nitrogen and oxygen atoms in total. The summed E-state index contributed by atoms with van der Waals surface area (Å²) in [5.74, 6) is 0.353. The van der Waals surface area contributed by atoms with Crippen LogP contribution in [-0.2, 0) is 4.79 Å². The maximum Gasteiger partial charge on any atom is 0.321 e. The van der Waals surface area contributed by atoms with E-state index in [1.807, 2.05) is 25.1 Å². The van der Waals surface area contributed by atoms with Crippen LogP contribution in [0, 0.1) is 6.92 Å². The SMILES string of the molecule is Cc1ccccc1OC(=O)CBr. The zero-order valence-corrected chi connectivity index (χ0v) is 8.30. The van der Waals surface area contributed by atoms with E-state index in [2.05, 4.69) is 15.9 Å². The number of carbonyl (C=O) groups is 1. The molecule has 1 rings (SSSR count). The number of esters is 1. The van der Waals surface area contributed by atoms with Crippen molar-refractivity contribution < 1.29 is 9.53 Å². The van der Waals surface area contributed by atoms with Crippen molar-refractivity contribution in [3.8, 4) is 5.75 Å². The van der Waals surface area contributed by atoms with Gasteiger partial charge in [-0.2, -0.15) is 0 Å². The smallest absolute Gasteiger partial charge is 0.321 e. The molecule has 0 heterocycles. The first kappa shape index (κ1) is 9.26. The third kappa shape index (κ3) is 2.34. The molecule has 0 atom stereocenters. The highest BCUT2D eigenvalue weighted by Gasteiger charge is 2.03. The van der Waals surface area contributed by atoms with Crippen molar-refractivity contribution in [2.24, 2.45) is 0 Å². The molecule has 0 aromatic heterocycles. The molecule has 0 aliphatic rings. The summed E-state index contributed by atoms with van der Waals surface area (Å²) >= 11 is 3.02. The zero-order valence-electron chi connectivity index (χ0n) is 6.71. The van der Waals surface area contributed by atoms with Crippen molar-refractivity contribution in [2.75, 3.05) is 5.33 Å². The molecule has 0 spiro atoms. The second kappa shape index (κ2) is 4.26. The van der Waals surface area contributed by atoms with Crippen LogP contribution < -0.4 is 4.74 Å². The van der Waals surface area contributed by atoms with E-state index in [0.29, 0.717) is 5.75 Å². The molecule has 0 aliphatic carbocycles. The Labute approximate surface area is 79.7 Å². The molecule has 0 radical (unpaired) electrons. The van der Waals surface area contributed by atoms with Gasteiger partial charge in [-0.05, 0) is 18.6 Å². The number of rotatable bonds is 2. The molecule has 0 unspecified atom stereocenters. The first-order valence-corrected chi connectivity index (χ1v) is 4.68. The summed E-state index contributed by atoms with van der Waals surface area (Å²) in [5.41, 5.74) is 0.965. The Bertz CT molecular complexity index is 284. The van der Waals surface area contributed by atoms with Gasteiger partial charge in [0.25, 0.3) is 0 Å². The lowest BCUT2D eigenvalue weighted by Crippen LogP contribution is -2.09. The van der Waals surface area contributed by atoms with Gasteiger partial charge in [-0.1, -0.05) is 34.1 Å². The first-order valence-electron chi connectivity index (χ1n) is 3.56. The normalized spacial score (nSPS) is 9.50. The number of para-hydroxylation sites is 1. The van der Waals surface area contributed by atoms with Crippen LogP contribution in [0.4, 0.5) is 0 Å². The summed E-state index contributed by atoms with van der Waals surface area (Å²) in [7, 11) is 0. The molecule has 0 N–H and O–H groups in total. The van der Waals surface area contributed by atoms with E-state index in [4.69, 9.17) is 4.74 Å². The fourth-order valence-electron chi connectivity index (χ4n) is 0.821. The maximum absolute atomic E-state index is 10.9. The van der Waals surface area contributed by atoms with E-state index in [0.717, 1.165) is 5.56 Å². The van der Waals surface area contributed by atoms with Gasteiger partial charge in [-0.15, -0.1) is 0 Å². The molecule has 0 saturated carbocycles. The average Bonchev–Trinajstić information content (AvgIpc) is 2.09. The number of alkyl halides is 1. The third-order valence-corrected chi connectivity index (χ3v) is 1.88. The molecular formula is C9H9BrO2. The lowest BCUT2D eigenvalue weighted by molar-refractivity contribution is -0.131. The zero-order chi connectivity index (χ0) is 8.97. The highest BCUT2D eigenvalue weighted by Crippen LogP contribution is 2.16. The predicted molar refractivity (Wildman–Crippen MR) is 50.6 cm³/mol. The van der Waals surface area contributed by atoms with Crippen LogP contribution in [0.1, 0.15) is 5.56 Å². The maximum atomic E-state index is 10.9. The minimum Gasteiger partial charge on any atom is -0.426 e. The molecule has 0 aliphatic heterocycles. The quantitative estimate of drug-likeness (QED) is 0.441. The minimum absolute atomic E-state index is 0.224. The lowest BCUT2D eigenvalue weighted by Gasteiger charge is -2.04. The summed E-state index contributed by atoms with van der Waals surface area (Å²) < 4.78 is 5.01. The number of carbonyl (C=O) groups excluding carboxylic acids is 1. The Morgan fingerprint density at radius 2 is 2.17 bits per heavy atom. The summed E-state index contributed by atoms with van der Waals surface area (Å²) in [6.45, 7) is 1.90. The molecule has 0 amide bonds. The van der Waals surface area contributed by atoms with Gasteiger partial charge in [0.05, 0.1) is 0 Å². The van der Waals surface area contributed by atoms with Gasteiger partial charge in [-0.3, -0.25) is 4.79 Å². The van der Waals surface area contributed by atoms with Crippen molar-refractivity contribution in [1.29, 1.82) is 0 Å². The van der Waals surface area contributed by atoms with E-state index >= 15 is 0 Å². The van der Waals surface area contributed by atoms with E-state index in [1.165, 1.54) is 0 Å². The Kier molecular flexibility index (Phi) is 3.29. The first-order chi connectivity index (χ1) is 5.74. The number of hydrogen-bond acceptors (Lipinski definition) is 2. The Balaban J connectivity index is 2.75. The largest absolute Gasteiger partial charge is 0.426 e. The molecule has 0 bridgehead atoms. The molecule has 3 heteroatoms. The van der Waals surface area contributed by atoms with E-state index in [-0.39, 0.29) is 11.3 Å². The van der Waals surface area contributed by atoms with Crippen molar-refractivity contribution in [3.63, 3.8) is 0 Å². The molecule has 1 aromatic carbocycles. The molecule has 64 valence electrons. The van der Waals surface area contributed by atoms with Crippen LogP contribution in [0.15, 0.2) is 24.3 Å². The van der Waals surface area contributed by atoms with Crippen LogP contribution in [0.25, 0.3) is 0 Å². The predicted octanol–water partition coefficient (Wildman–Crippen LogP) is 2.30. The van der Waals surface area contributed by atoms with Crippen LogP contribution in [0.3, 0.4) is 0 Å². The Morgan fingerprint density at radius 1 is 1.50 bits per heavy atom. The number of aryl methyl sites for hydroxylation is 1. The second-order valence-corrected chi connectivity index (χ2v) is 2.93. The van der Waals surface area contributed by atoms with Crippen LogP contribution in [0.5, 0.6) is 5.75 Å². The van der Waals surface area contributed by atoms with E-state index in [1.54, 1.807) is 6.07 Å². The highest BCUT2D eigenvalue weighted by molar-refractivity contribution is 9.09. The fraction of sp³-hybridized carbons (Fsp3) is 0.222. The van der Waals surface area contributed by atoms with Gasteiger partial charge < -0.3 is 4.74 Å². The van der Waals surface area contributed by atoms with Gasteiger partial charge in [0, 0.05) is 0 Å². The van der Waals surface area contributed by atoms with Crippen LogP contribution in [0.2, 0.25) is 0 Å². The van der Waals surface area contributed by atoms with Crippen molar-refractivity contribution in [1.82, 2.24) is 0 Å². The Morgan fingerprint density at radius 3 is 2.75 bits per heavy atom. The van der Waals surface area contributed by atoms with Gasteiger partial charge in [0.1, 0.15) is 11.1 Å². The topological polar surface area (TPSA) is 26.3 Å². The molecule has 1 aromatic rings. The summed E-state index contributed by atoms with van der Waals surface area (Å²) in [5, 5.41) is 0.224. The molecule has 0 fully saturated rings. The van der Waals surface area contributed by atoms with Crippen LogP contribution in [-0.4, -0.2) is 11.3 Å². The summed E-state index contributed by atoms with van der Waals surface area (Å²) in [4.78, 5) is 10.9. The summed E-state index contributed by atoms with van der Waals surface area (Å²) in [6.07, 6.45) is 0. The van der Waals surface area contributed by atoms with Crippen molar-refractivity contribution in [3.05, 3.63) is 29.8 Å². The van der Waals surface area contributed by atoms with E-state index in [9.17, 15) is 4.79 Å². The number of ether oxygens (including phenoxy) is 1. The van der Waals surface area contributed by atoms with Crippen molar-refractivity contribution in [2.45, 2.75) is 6.92 Å². The fourth-order valence-corrected chi connectivity index (χ4v) is 0.935. The van der Waals surface area contributed by atoms with Gasteiger partial charge in [0.15, 0.2) is 0 Å². The van der Waals surface area contributed by atoms with Gasteiger partial charge in [-0.25, -0.2) is 0 Å². The molecule has 0 saturated heterocycles. The third-order valence-electron chi connectivity index (χ3n) is 1.43. The van der Waals surface area contributed by atoms with Gasteiger partial charge in [0.2, 0.25) is 0 Å². The van der Waals surface area contributed by atoms with Crippen LogP contribution >= 0.6 is 15.9 Å². The minimum atomic E-state index is -0.274. The number of benzene rings is 1. The number of hydrogen-bond donors (Lipinski definition) is 0. The Hall–Kier alpha value is -0.830. The monoisotopic (exact) mass is 228 g/mol. The van der Waals surface area contributed by atoms with E-state index < -0.39 is 0 Å². The second-order valence-electron chi connectivity index (χ2n) is 2.37. The van der Waals surface area contributed by atoms with Crippen molar-refractivity contribution >= 4 is 21.9 Å². The highest BCUT2D eigenvalue weighted by atomic mass is 79.9. The number of halogens is 1. The average molecular weight is 229 g/mol. The lowest BCUT2D eigenvalue weighted by atomic mass is 10.2. The van der Waals surface area contributed by atoms with Gasteiger partial charge >= 0.3 is 5.97 Å².